The van der Waals surface area contributed by atoms with E-state index < -0.39 is 8.07 Å². The minimum Gasteiger partial charge on any atom is -0.0901 e. The normalized spacial score (nSPS) is 18.9. The lowest BCUT2D eigenvalue weighted by atomic mass is 9.94. The first kappa shape index (κ1) is 8.88. The highest BCUT2D eigenvalue weighted by atomic mass is 32.1. The van der Waals surface area contributed by atoms with Gasteiger partial charge >= 0.3 is 0 Å². The molecule has 0 saturated carbocycles. The third-order valence-corrected chi connectivity index (χ3v) is 4.84. The Balaban J connectivity index is 3.11. The van der Waals surface area contributed by atoms with E-state index in [1.54, 1.807) is 0 Å². The van der Waals surface area contributed by atoms with Gasteiger partial charge in [-0.2, -0.15) is 0 Å². The molecule has 0 saturated heterocycles. The maximum atomic E-state index is 5.23. The SMILES string of the molecule is C=C1C(=S)C([Si](C)(C)C)=C1C. The van der Waals surface area contributed by atoms with Crippen LogP contribution in [0.5, 0.6) is 0 Å². The van der Waals surface area contributed by atoms with Crippen LogP contribution in [0, 0.1) is 0 Å². The van der Waals surface area contributed by atoms with Gasteiger partial charge in [0.15, 0.2) is 0 Å². The molecule has 0 heterocycles. The Hall–Kier alpha value is -0.213. The summed E-state index contributed by atoms with van der Waals surface area (Å²) < 4.78 is 0. The second-order valence-corrected chi connectivity index (χ2v) is 9.47. The highest BCUT2D eigenvalue weighted by molar-refractivity contribution is 7.81. The molecular weight excluding hydrogens is 168 g/mol. The number of hydrogen-bond donors (Lipinski definition) is 0. The van der Waals surface area contributed by atoms with Crippen molar-refractivity contribution in [1.29, 1.82) is 0 Å². The molecule has 0 aliphatic heterocycles. The molecule has 0 aromatic heterocycles. The first-order valence-electron chi connectivity index (χ1n) is 3.81. The predicted molar refractivity (Wildman–Crippen MR) is 57.8 cm³/mol. The second-order valence-electron chi connectivity index (χ2n) is 4.06. The first-order valence-corrected chi connectivity index (χ1v) is 7.72. The second kappa shape index (κ2) is 2.39. The quantitative estimate of drug-likeness (QED) is 0.341. The van der Waals surface area contributed by atoms with Crippen LogP contribution in [-0.2, 0) is 0 Å². The van der Waals surface area contributed by atoms with Gasteiger partial charge in [0, 0.05) is 4.86 Å². The minimum atomic E-state index is -1.16. The largest absolute Gasteiger partial charge is 0.0901 e. The Bertz CT molecular complexity index is 266. The molecule has 0 radical (unpaired) electrons. The van der Waals surface area contributed by atoms with E-state index in [4.69, 9.17) is 12.2 Å². The van der Waals surface area contributed by atoms with Crippen LogP contribution in [0.3, 0.4) is 0 Å². The van der Waals surface area contributed by atoms with E-state index in [0.29, 0.717) is 0 Å². The molecule has 0 bridgehead atoms. The first-order chi connectivity index (χ1) is 4.85. The van der Waals surface area contributed by atoms with Crippen molar-refractivity contribution in [3.63, 3.8) is 0 Å². The maximum absolute atomic E-state index is 5.23. The Kier molecular flexibility index (Phi) is 1.93. The summed E-state index contributed by atoms with van der Waals surface area (Å²) in [6.07, 6.45) is 0. The Labute approximate surface area is 75.0 Å². The zero-order valence-corrected chi connectivity index (χ0v) is 9.43. The fraction of sp³-hybridized carbons (Fsp3) is 0.444. The van der Waals surface area contributed by atoms with Crippen LogP contribution in [-0.4, -0.2) is 12.9 Å². The average molecular weight is 182 g/mol. The van der Waals surface area contributed by atoms with Gasteiger partial charge in [0.05, 0.1) is 8.07 Å². The van der Waals surface area contributed by atoms with Gasteiger partial charge in [0.1, 0.15) is 0 Å². The molecule has 0 aromatic rings. The highest BCUT2D eigenvalue weighted by Crippen LogP contribution is 2.35. The molecule has 0 amide bonds. The smallest absolute Gasteiger partial charge is 0.0798 e. The lowest BCUT2D eigenvalue weighted by Gasteiger charge is -2.33. The molecule has 0 spiro atoms. The summed E-state index contributed by atoms with van der Waals surface area (Å²) in [4.78, 5) is 1.04. The van der Waals surface area contributed by atoms with Gasteiger partial charge in [-0.15, -0.1) is 0 Å². The third kappa shape index (κ3) is 1.25. The molecule has 0 fully saturated rings. The van der Waals surface area contributed by atoms with Crippen molar-refractivity contribution in [1.82, 2.24) is 0 Å². The predicted octanol–water partition coefficient (Wildman–Crippen LogP) is 3.12. The average Bonchev–Trinajstić information content (AvgIpc) is 1.85. The van der Waals surface area contributed by atoms with Crippen LogP contribution >= 0.6 is 12.2 Å². The van der Waals surface area contributed by atoms with Gasteiger partial charge in [-0.3, -0.25) is 0 Å². The Morgan fingerprint density at radius 3 is 1.91 bits per heavy atom. The summed E-state index contributed by atoms with van der Waals surface area (Å²) in [5.41, 5.74) is 2.45. The molecule has 0 nitrogen and oxygen atoms in total. The van der Waals surface area contributed by atoms with E-state index in [9.17, 15) is 0 Å². The van der Waals surface area contributed by atoms with E-state index in [-0.39, 0.29) is 0 Å². The summed E-state index contributed by atoms with van der Waals surface area (Å²) in [7, 11) is -1.16. The minimum absolute atomic E-state index is 1.04. The summed E-state index contributed by atoms with van der Waals surface area (Å²) in [5.74, 6) is 0. The fourth-order valence-corrected chi connectivity index (χ4v) is 4.82. The van der Waals surface area contributed by atoms with Gasteiger partial charge in [-0.05, 0) is 23.3 Å². The van der Waals surface area contributed by atoms with Crippen LogP contribution in [0.1, 0.15) is 6.92 Å². The van der Waals surface area contributed by atoms with Gasteiger partial charge < -0.3 is 0 Å². The van der Waals surface area contributed by atoms with Crippen LogP contribution in [0.2, 0.25) is 19.6 Å². The zero-order valence-electron chi connectivity index (χ0n) is 7.62. The standard InChI is InChI=1S/C9H14SSi/c1-6-7(2)9(8(6)10)11(3,4)5/h1H2,2-5H3. The fourth-order valence-electron chi connectivity index (χ4n) is 1.48. The van der Waals surface area contributed by atoms with E-state index in [1.807, 2.05) is 0 Å². The molecule has 1 rings (SSSR count). The summed E-state index contributed by atoms with van der Waals surface area (Å²) >= 11 is 5.23. The van der Waals surface area contributed by atoms with Crippen molar-refractivity contribution in [3.05, 3.63) is 22.9 Å². The number of thiocarbonyl (C=S) groups is 1. The molecule has 1 aliphatic rings. The molecule has 0 unspecified atom stereocenters. The molecule has 0 atom stereocenters. The number of rotatable bonds is 1. The number of hydrogen-bond acceptors (Lipinski definition) is 1. The van der Waals surface area contributed by atoms with Gasteiger partial charge in [-0.1, -0.05) is 38.4 Å². The van der Waals surface area contributed by atoms with E-state index in [2.05, 4.69) is 33.1 Å². The molecule has 1 aliphatic carbocycles. The van der Waals surface area contributed by atoms with Crippen molar-refractivity contribution < 1.29 is 0 Å². The Morgan fingerprint density at radius 1 is 1.27 bits per heavy atom. The van der Waals surface area contributed by atoms with Crippen molar-refractivity contribution in [2.45, 2.75) is 26.6 Å². The monoisotopic (exact) mass is 182 g/mol. The topological polar surface area (TPSA) is 0 Å². The highest BCUT2D eigenvalue weighted by Gasteiger charge is 2.33. The summed E-state index contributed by atoms with van der Waals surface area (Å²) in [6.45, 7) is 13.0. The lowest BCUT2D eigenvalue weighted by Crippen LogP contribution is -2.36. The maximum Gasteiger partial charge on any atom is 0.0798 e. The zero-order chi connectivity index (χ0) is 8.81. The summed E-state index contributed by atoms with van der Waals surface area (Å²) in [5, 5.41) is 1.46. The molecular formula is C9H14SSi. The Morgan fingerprint density at radius 2 is 1.73 bits per heavy atom. The third-order valence-electron chi connectivity index (χ3n) is 2.08. The van der Waals surface area contributed by atoms with E-state index in [0.717, 1.165) is 10.4 Å². The number of allylic oxidation sites excluding steroid dienone is 3. The van der Waals surface area contributed by atoms with Crippen molar-refractivity contribution >= 4 is 25.2 Å². The van der Waals surface area contributed by atoms with E-state index in [1.165, 1.54) is 10.8 Å². The lowest BCUT2D eigenvalue weighted by molar-refractivity contribution is 1.39. The van der Waals surface area contributed by atoms with Gasteiger partial charge in [-0.25, -0.2) is 0 Å². The molecule has 11 heavy (non-hydrogen) atoms. The summed E-state index contributed by atoms with van der Waals surface area (Å²) in [6, 6.07) is 0. The van der Waals surface area contributed by atoms with Crippen LogP contribution in [0.25, 0.3) is 0 Å². The van der Waals surface area contributed by atoms with Crippen molar-refractivity contribution in [2.24, 2.45) is 0 Å². The van der Waals surface area contributed by atoms with Crippen LogP contribution in [0.15, 0.2) is 22.9 Å². The molecule has 0 N–H and O–H groups in total. The molecule has 0 aromatic carbocycles. The van der Waals surface area contributed by atoms with Crippen LogP contribution < -0.4 is 0 Å². The van der Waals surface area contributed by atoms with E-state index >= 15 is 0 Å². The van der Waals surface area contributed by atoms with Crippen molar-refractivity contribution in [3.8, 4) is 0 Å². The van der Waals surface area contributed by atoms with Crippen molar-refractivity contribution in [2.75, 3.05) is 0 Å². The van der Waals surface area contributed by atoms with Gasteiger partial charge in [0.25, 0.3) is 0 Å². The van der Waals surface area contributed by atoms with Gasteiger partial charge in [0.2, 0.25) is 0 Å². The molecule has 60 valence electrons. The van der Waals surface area contributed by atoms with Crippen LogP contribution in [0.4, 0.5) is 0 Å². The molecule has 2 heteroatoms.